The molecule has 0 saturated heterocycles. The highest BCUT2D eigenvalue weighted by Crippen LogP contribution is 2.45. The van der Waals surface area contributed by atoms with Gasteiger partial charge in [0.2, 0.25) is 8.32 Å². The second-order valence-electron chi connectivity index (χ2n) is 7.59. The molecule has 114 valence electrons. The Morgan fingerprint density at radius 1 is 1.10 bits per heavy atom. The van der Waals surface area contributed by atoms with Crippen LogP contribution in [0, 0.1) is 5.41 Å². The molecule has 0 saturated carbocycles. The van der Waals surface area contributed by atoms with Gasteiger partial charge < -0.3 is 4.43 Å². The minimum atomic E-state index is -1.66. The molecule has 0 atom stereocenters. The van der Waals surface area contributed by atoms with Gasteiger partial charge in [-0.15, -0.1) is 0 Å². The molecule has 1 aliphatic carbocycles. The monoisotopic (exact) mass is 300 g/mol. The van der Waals surface area contributed by atoms with E-state index in [0.717, 1.165) is 12.2 Å². The molecule has 0 bridgehead atoms. The van der Waals surface area contributed by atoms with E-state index in [1.807, 2.05) is 0 Å². The fourth-order valence-electron chi connectivity index (χ4n) is 3.05. The second-order valence-corrected chi connectivity index (χ2v) is 12.0. The fourth-order valence-corrected chi connectivity index (χ4v) is 3.88. The van der Waals surface area contributed by atoms with Gasteiger partial charge in [-0.05, 0) is 50.4 Å². The maximum atomic E-state index is 6.55. The lowest BCUT2D eigenvalue weighted by atomic mass is 9.72. The summed E-state index contributed by atoms with van der Waals surface area (Å²) >= 11 is 0. The van der Waals surface area contributed by atoms with Crippen LogP contribution in [-0.2, 0) is 4.43 Å². The molecule has 0 N–H and O–H groups in total. The Morgan fingerprint density at radius 2 is 1.71 bits per heavy atom. The largest absolute Gasteiger partial charge is 0.544 e. The summed E-state index contributed by atoms with van der Waals surface area (Å²) in [5.74, 6) is 1.10. The normalized spacial score (nSPS) is 20.8. The van der Waals surface area contributed by atoms with E-state index in [4.69, 9.17) is 4.43 Å². The lowest BCUT2D eigenvalue weighted by Crippen LogP contribution is -2.28. The molecule has 0 aromatic heterocycles. The predicted octanol–water partition coefficient (Wildman–Crippen LogP) is 6.02. The van der Waals surface area contributed by atoms with Gasteiger partial charge in [0.05, 0.1) is 0 Å². The van der Waals surface area contributed by atoms with Crippen molar-refractivity contribution >= 4 is 14.1 Å². The highest BCUT2D eigenvalue weighted by Gasteiger charge is 2.32. The van der Waals surface area contributed by atoms with Gasteiger partial charge in [0, 0.05) is 11.1 Å². The van der Waals surface area contributed by atoms with E-state index in [-0.39, 0.29) is 5.41 Å². The number of hydrogen-bond donors (Lipinski definition) is 0. The summed E-state index contributed by atoms with van der Waals surface area (Å²) in [5.41, 5.74) is 4.15. The molecule has 0 radical (unpaired) electrons. The Hall–Kier alpha value is -1.28. The average molecular weight is 301 g/mol. The van der Waals surface area contributed by atoms with Crippen molar-refractivity contribution in [3.63, 3.8) is 0 Å². The summed E-state index contributed by atoms with van der Waals surface area (Å²) in [7, 11) is -1.66. The van der Waals surface area contributed by atoms with Crippen LogP contribution >= 0.6 is 0 Å². The van der Waals surface area contributed by atoms with E-state index in [1.54, 1.807) is 0 Å². The van der Waals surface area contributed by atoms with Crippen LogP contribution in [0.1, 0.15) is 39.2 Å². The van der Waals surface area contributed by atoms with Crippen molar-refractivity contribution in [2.45, 2.75) is 53.3 Å². The van der Waals surface area contributed by atoms with Gasteiger partial charge in [0.1, 0.15) is 5.76 Å². The third-order valence-corrected chi connectivity index (χ3v) is 4.78. The molecule has 1 aromatic carbocycles. The second kappa shape index (κ2) is 5.84. The van der Waals surface area contributed by atoms with Gasteiger partial charge in [-0.25, -0.2) is 0 Å². The summed E-state index contributed by atoms with van der Waals surface area (Å²) in [5, 5.41) is 0. The van der Waals surface area contributed by atoms with Crippen molar-refractivity contribution in [3.8, 4) is 0 Å². The van der Waals surface area contributed by atoms with Gasteiger partial charge in [-0.3, -0.25) is 0 Å². The minimum absolute atomic E-state index is 0.170. The summed E-state index contributed by atoms with van der Waals surface area (Å²) in [6.45, 7) is 13.7. The number of allylic oxidation sites excluding steroid dienone is 3. The van der Waals surface area contributed by atoms with E-state index < -0.39 is 8.32 Å². The van der Waals surface area contributed by atoms with Gasteiger partial charge in [0.15, 0.2) is 0 Å². The third-order valence-electron chi connectivity index (χ3n) is 3.96. The Balaban J connectivity index is 2.65. The smallest absolute Gasteiger partial charge is 0.242 e. The molecule has 0 heterocycles. The van der Waals surface area contributed by atoms with Crippen molar-refractivity contribution in [2.24, 2.45) is 5.41 Å². The topological polar surface area (TPSA) is 9.23 Å². The van der Waals surface area contributed by atoms with E-state index in [9.17, 15) is 0 Å². The summed E-state index contributed by atoms with van der Waals surface area (Å²) < 4.78 is 6.55. The molecule has 0 spiro atoms. The van der Waals surface area contributed by atoms with Crippen molar-refractivity contribution in [2.75, 3.05) is 0 Å². The Morgan fingerprint density at radius 3 is 2.24 bits per heavy atom. The molecule has 0 aliphatic heterocycles. The van der Waals surface area contributed by atoms with Gasteiger partial charge in [0.25, 0.3) is 0 Å². The van der Waals surface area contributed by atoms with Crippen molar-refractivity contribution in [3.05, 3.63) is 53.1 Å². The SMILES string of the molecule is CC1=CCCC(C)(C)/C1=C(\O[Si](C)(C)C)c1ccccc1. The standard InChI is InChI=1S/C19H28OSi/c1-15-11-10-14-19(2,3)17(15)18(20-21(4,5)6)16-12-8-7-9-13-16/h7-9,11-13H,10,14H2,1-6H3/b18-17-. The van der Waals surface area contributed by atoms with Crippen LogP contribution in [0.2, 0.25) is 19.6 Å². The van der Waals surface area contributed by atoms with Crippen LogP contribution in [0.3, 0.4) is 0 Å². The Bertz CT molecular complexity index is 559. The summed E-state index contributed by atoms with van der Waals surface area (Å²) in [4.78, 5) is 0. The third kappa shape index (κ3) is 3.88. The van der Waals surface area contributed by atoms with Crippen LogP contribution < -0.4 is 0 Å². The molecular formula is C19H28OSi. The highest BCUT2D eigenvalue weighted by atomic mass is 28.4. The predicted molar refractivity (Wildman–Crippen MR) is 94.6 cm³/mol. The first kappa shape index (κ1) is 16.1. The molecule has 0 unspecified atom stereocenters. The van der Waals surface area contributed by atoms with Crippen molar-refractivity contribution in [1.82, 2.24) is 0 Å². The molecule has 0 fully saturated rings. The lowest BCUT2D eigenvalue weighted by molar-refractivity contribution is 0.389. The molecule has 2 heteroatoms. The van der Waals surface area contributed by atoms with E-state index in [0.29, 0.717) is 0 Å². The first-order valence-electron chi connectivity index (χ1n) is 7.87. The summed E-state index contributed by atoms with van der Waals surface area (Å²) in [6.07, 6.45) is 4.71. The van der Waals surface area contributed by atoms with Crippen molar-refractivity contribution in [1.29, 1.82) is 0 Å². The molecular weight excluding hydrogens is 272 g/mol. The molecule has 21 heavy (non-hydrogen) atoms. The van der Waals surface area contributed by atoms with E-state index in [2.05, 4.69) is 76.8 Å². The quantitative estimate of drug-likeness (QED) is 0.490. The number of rotatable bonds is 3. The molecule has 2 rings (SSSR count). The maximum absolute atomic E-state index is 6.55. The van der Waals surface area contributed by atoms with Gasteiger partial charge in [-0.1, -0.05) is 50.3 Å². The molecule has 1 aromatic rings. The van der Waals surface area contributed by atoms with Crippen molar-refractivity contribution < 1.29 is 4.43 Å². The zero-order valence-corrected chi connectivity index (χ0v) is 15.3. The first-order valence-corrected chi connectivity index (χ1v) is 11.3. The van der Waals surface area contributed by atoms with Crippen LogP contribution in [0.4, 0.5) is 0 Å². The molecule has 0 amide bonds. The fraction of sp³-hybridized carbons (Fsp3) is 0.474. The zero-order valence-electron chi connectivity index (χ0n) is 14.3. The number of hydrogen-bond acceptors (Lipinski definition) is 1. The minimum Gasteiger partial charge on any atom is -0.544 e. The number of benzene rings is 1. The van der Waals surface area contributed by atoms with Crippen LogP contribution in [0.25, 0.3) is 5.76 Å². The molecule has 1 aliphatic rings. The Kier molecular flexibility index (Phi) is 4.48. The maximum Gasteiger partial charge on any atom is 0.242 e. The Labute approximate surface area is 130 Å². The van der Waals surface area contributed by atoms with Crippen LogP contribution in [0.5, 0.6) is 0 Å². The van der Waals surface area contributed by atoms with E-state index in [1.165, 1.54) is 23.1 Å². The average Bonchev–Trinajstić information content (AvgIpc) is 2.36. The zero-order chi connectivity index (χ0) is 15.7. The van der Waals surface area contributed by atoms with Gasteiger partial charge in [-0.2, -0.15) is 0 Å². The summed E-state index contributed by atoms with van der Waals surface area (Å²) in [6, 6.07) is 10.6. The highest BCUT2D eigenvalue weighted by molar-refractivity contribution is 6.70. The first-order chi connectivity index (χ1) is 9.71. The lowest BCUT2D eigenvalue weighted by Gasteiger charge is -2.36. The molecule has 1 nitrogen and oxygen atoms in total. The van der Waals surface area contributed by atoms with Gasteiger partial charge >= 0.3 is 0 Å². The van der Waals surface area contributed by atoms with Crippen LogP contribution in [-0.4, -0.2) is 8.32 Å². The van der Waals surface area contributed by atoms with Crippen LogP contribution in [0.15, 0.2) is 47.6 Å². The van der Waals surface area contributed by atoms with E-state index >= 15 is 0 Å².